The van der Waals surface area contributed by atoms with Crippen LogP contribution in [-0.2, 0) is 6.18 Å². The summed E-state index contributed by atoms with van der Waals surface area (Å²) < 4.78 is 37.8. The standard InChI is InChI=1S/C12H5BrClF3OS/c13-11-8(14)5-9(19-11)10(18)6-1-3-7(4-2-6)12(15,16)17/h1-5H. The van der Waals surface area contributed by atoms with E-state index in [0.29, 0.717) is 13.7 Å². The maximum atomic E-state index is 12.4. The van der Waals surface area contributed by atoms with Gasteiger partial charge in [-0.25, -0.2) is 0 Å². The van der Waals surface area contributed by atoms with Gasteiger partial charge in [0.2, 0.25) is 5.78 Å². The largest absolute Gasteiger partial charge is 0.416 e. The van der Waals surface area contributed by atoms with Crippen molar-refractivity contribution in [3.05, 3.63) is 55.1 Å². The van der Waals surface area contributed by atoms with Crippen LogP contribution in [0.2, 0.25) is 5.02 Å². The van der Waals surface area contributed by atoms with Crippen molar-refractivity contribution in [3.63, 3.8) is 0 Å². The molecular weight excluding hydrogens is 365 g/mol. The Morgan fingerprint density at radius 3 is 2.21 bits per heavy atom. The number of thiophene rings is 1. The van der Waals surface area contributed by atoms with Gasteiger partial charge in [0.05, 0.1) is 19.2 Å². The van der Waals surface area contributed by atoms with E-state index in [1.165, 1.54) is 6.07 Å². The van der Waals surface area contributed by atoms with Crippen molar-refractivity contribution < 1.29 is 18.0 Å². The molecule has 2 aromatic rings. The third-order valence-electron chi connectivity index (χ3n) is 2.34. The fourth-order valence-electron chi connectivity index (χ4n) is 1.41. The molecule has 1 heterocycles. The molecule has 0 saturated carbocycles. The minimum Gasteiger partial charge on any atom is -0.288 e. The molecular formula is C12H5BrClF3OS. The summed E-state index contributed by atoms with van der Waals surface area (Å²) in [5.41, 5.74) is -0.590. The quantitative estimate of drug-likeness (QED) is 0.647. The Balaban J connectivity index is 2.30. The zero-order valence-corrected chi connectivity index (χ0v) is 12.3. The summed E-state index contributed by atoms with van der Waals surface area (Å²) in [6.07, 6.45) is -4.41. The van der Waals surface area contributed by atoms with Gasteiger partial charge >= 0.3 is 6.18 Å². The predicted molar refractivity (Wildman–Crippen MR) is 71.9 cm³/mol. The highest BCUT2D eigenvalue weighted by Crippen LogP contribution is 2.34. The molecule has 0 atom stereocenters. The second-order valence-corrected chi connectivity index (χ2v) is 6.41. The minimum absolute atomic E-state index is 0.193. The first-order valence-corrected chi connectivity index (χ1v) is 6.94. The monoisotopic (exact) mass is 368 g/mol. The van der Waals surface area contributed by atoms with E-state index in [4.69, 9.17) is 11.6 Å². The number of halogens is 5. The fourth-order valence-corrected chi connectivity index (χ4v) is 3.08. The zero-order chi connectivity index (χ0) is 14.2. The molecule has 0 spiro atoms. The molecule has 0 saturated heterocycles. The fraction of sp³-hybridized carbons (Fsp3) is 0.0833. The molecule has 1 aromatic carbocycles. The van der Waals surface area contributed by atoms with Gasteiger partial charge < -0.3 is 0 Å². The van der Waals surface area contributed by atoms with Crippen LogP contribution >= 0.6 is 38.9 Å². The summed E-state index contributed by atoms with van der Waals surface area (Å²) in [7, 11) is 0. The lowest BCUT2D eigenvalue weighted by Crippen LogP contribution is -2.06. The van der Waals surface area contributed by atoms with Crippen LogP contribution in [0, 0.1) is 0 Å². The zero-order valence-electron chi connectivity index (χ0n) is 9.09. The highest BCUT2D eigenvalue weighted by atomic mass is 79.9. The molecule has 0 fully saturated rings. The molecule has 7 heteroatoms. The highest BCUT2D eigenvalue weighted by molar-refractivity contribution is 9.11. The van der Waals surface area contributed by atoms with E-state index in [1.54, 1.807) is 0 Å². The number of rotatable bonds is 2. The lowest BCUT2D eigenvalue weighted by atomic mass is 10.1. The Morgan fingerprint density at radius 2 is 1.79 bits per heavy atom. The van der Waals surface area contributed by atoms with E-state index in [0.717, 1.165) is 35.6 Å². The summed E-state index contributed by atoms with van der Waals surface area (Å²) in [4.78, 5) is 12.4. The molecule has 0 aliphatic carbocycles. The Hall–Kier alpha value is -0.850. The van der Waals surface area contributed by atoms with Crippen molar-refractivity contribution in [2.24, 2.45) is 0 Å². The maximum Gasteiger partial charge on any atom is 0.416 e. The summed E-state index contributed by atoms with van der Waals surface area (Å²) in [5.74, 6) is -0.355. The molecule has 0 radical (unpaired) electrons. The van der Waals surface area contributed by atoms with Crippen molar-refractivity contribution in [2.75, 3.05) is 0 Å². The summed E-state index contributed by atoms with van der Waals surface area (Å²) in [6, 6.07) is 5.57. The SMILES string of the molecule is O=C(c1ccc(C(F)(F)F)cc1)c1cc(Cl)c(Br)s1. The number of hydrogen-bond donors (Lipinski definition) is 0. The van der Waals surface area contributed by atoms with E-state index in [-0.39, 0.29) is 11.3 Å². The van der Waals surface area contributed by atoms with Gasteiger partial charge in [-0.3, -0.25) is 4.79 Å². The average Bonchev–Trinajstić information content (AvgIpc) is 2.68. The molecule has 100 valence electrons. The van der Waals surface area contributed by atoms with Gasteiger partial charge in [-0.05, 0) is 34.1 Å². The lowest BCUT2D eigenvalue weighted by molar-refractivity contribution is -0.137. The third-order valence-corrected chi connectivity index (χ3v) is 4.82. The number of alkyl halides is 3. The summed E-state index contributed by atoms with van der Waals surface area (Å²) in [5, 5.41) is 0.403. The first-order valence-electron chi connectivity index (χ1n) is 4.96. The highest BCUT2D eigenvalue weighted by Gasteiger charge is 2.30. The van der Waals surface area contributed by atoms with E-state index >= 15 is 0 Å². The minimum atomic E-state index is -4.41. The Kier molecular flexibility index (Phi) is 4.03. The van der Waals surface area contributed by atoms with Crippen molar-refractivity contribution in [1.29, 1.82) is 0 Å². The number of benzene rings is 1. The Labute approximate surface area is 124 Å². The van der Waals surface area contributed by atoms with Crippen LogP contribution in [0.25, 0.3) is 0 Å². The second kappa shape index (κ2) is 5.26. The van der Waals surface area contributed by atoms with Crippen molar-refractivity contribution >= 4 is 44.7 Å². The molecule has 19 heavy (non-hydrogen) atoms. The first-order chi connectivity index (χ1) is 8.79. The Bertz CT molecular complexity index is 599. The number of hydrogen-bond acceptors (Lipinski definition) is 2. The second-order valence-electron chi connectivity index (χ2n) is 3.64. The molecule has 0 unspecified atom stereocenters. The predicted octanol–water partition coefficient (Wildman–Crippen LogP) is 5.41. The van der Waals surface area contributed by atoms with E-state index in [2.05, 4.69) is 15.9 Å². The van der Waals surface area contributed by atoms with Crippen LogP contribution in [0.3, 0.4) is 0 Å². The van der Waals surface area contributed by atoms with Crippen LogP contribution in [0.15, 0.2) is 34.1 Å². The molecule has 0 aliphatic heterocycles. The maximum absolute atomic E-state index is 12.4. The van der Waals surface area contributed by atoms with Crippen LogP contribution in [0.5, 0.6) is 0 Å². The van der Waals surface area contributed by atoms with Crippen molar-refractivity contribution in [2.45, 2.75) is 6.18 Å². The molecule has 0 N–H and O–H groups in total. The van der Waals surface area contributed by atoms with Gasteiger partial charge in [0, 0.05) is 5.56 Å². The molecule has 0 aliphatic rings. The van der Waals surface area contributed by atoms with Gasteiger partial charge in [0.1, 0.15) is 0 Å². The first kappa shape index (κ1) is 14.6. The number of carbonyl (C=O) groups is 1. The van der Waals surface area contributed by atoms with Crippen LogP contribution in [0.4, 0.5) is 13.2 Å². The van der Waals surface area contributed by atoms with Gasteiger partial charge in [0.15, 0.2) is 0 Å². The Morgan fingerprint density at radius 1 is 1.21 bits per heavy atom. The van der Waals surface area contributed by atoms with Crippen molar-refractivity contribution in [3.8, 4) is 0 Å². The summed E-state index contributed by atoms with van der Waals surface area (Å²) in [6.45, 7) is 0. The topological polar surface area (TPSA) is 17.1 Å². The molecule has 1 nitrogen and oxygen atoms in total. The normalized spacial score (nSPS) is 11.6. The van der Waals surface area contributed by atoms with Gasteiger partial charge in [-0.15, -0.1) is 11.3 Å². The summed E-state index contributed by atoms with van der Waals surface area (Å²) >= 11 is 10.1. The van der Waals surface area contributed by atoms with Crippen LogP contribution in [0.1, 0.15) is 20.8 Å². The van der Waals surface area contributed by atoms with Gasteiger partial charge in [0.25, 0.3) is 0 Å². The average molecular weight is 370 g/mol. The smallest absolute Gasteiger partial charge is 0.288 e. The number of carbonyl (C=O) groups excluding carboxylic acids is 1. The number of ketones is 1. The van der Waals surface area contributed by atoms with Gasteiger partial charge in [-0.2, -0.15) is 13.2 Å². The lowest BCUT2D eigenvalue weighted by Gasteiger charge is -2.06. The van der Waals surface area contributed by atoms with E-state index < -0.39 is 11.7 Å². The molecule has 0 amide bonds. The van der Waals surface area contributed by atoms with Gasteiger partial charge in [-0.1, -0.05) is 23.7 Å². The third kappa shape index (κ3) is 3.19. The molecule has 1 aromatic heterocycles. The van der Waals surface area contributed by atoms with Crippen LogP contribution in [-0.4, -0.2) is 5.78 Å². The van der Waals surface area contributed by atoms with E-state index in [1.807, 2.05) is 0 Å². The van der Waals surface area contributed by atoms with Crippen molar-refractivity contribution in [1.82, 2.24) is 0 Å². The van der Waals surface area contributed by atoms with Crippen LogP contribution < -0.4 is 0 Å². The van der Waals surface area contributed by atoms with E-state index in [9.17, 15) is 18.0 Å². The molecule has 2 rings (SSSR count). The molecule has 0 bridgehead atoms.